The van der Waals surface area contributed by atoms with E-state index in [0.29, 0.717) is 19.6 Å². The van der Waals surface area contributed by atoms with Crippen LogP contribution in [0.15, 0.2) is 0 Å². The van der Waals surface area contributed by atoms with E-state index in [1.165, 1.54) is 0 Å². The number of piperidine rings is 1. The summed E-state index contributed by atoms with van der Waals surface area (Å²) in [5.41, 5.74) is 0. The number of aliphatic carboxylic acids is 1. The van der Waals surface area contributed by atoms with Crippen LogP contribution in [0.25, 0.3) is 0 Å². The second-order valence-corrected chi connectivity index (χ2v) is 6.48. The van der Waals surface area contributed by atoms with Crippen LogP contribution in [-0.4, -0.2) is 54.5 Å². The number of hydrogen-bond acceptors (Lipinski definition) is 4. The first-order valence-corrected chi connectivity index (χ1v) is 6.28. The minimum absolute atomic E-state index is 0.0967. The Balaban J connectivity index is 1.88. The van der Waals surface area contributed by atoms with Crippen LogP contribution in [0, 0.1) is 0 Å². The van der Waals surface area contributed by atoms with Gasteiger partial charge in [0, 0.05) is 19.6 Å². The van der Waals surface area contributed by atoms with E-state index in [1.807, 2.05) is 4.90 Å². The second kappa shape index (κ2) is 3.20. The standard InChI is InChI=1S/C8H13NO4S/c10-8(11)1-2-9-4-6-3-7(5-9)14(6,12)13/h6-7H,1-5H2,(H,10,11). The Morgan fingerprint density at radius 3 is 2.36 bits per heavy atom. The zero-order valence-corrected chi connectivity index (χ0v) is 8.53. The van der Waals surface area contributed by atoms with E-state index in [-0.39, 0.29) is 16.9 Å². The van der Waals surface area contributed by atoms with Gasteiger partial charge in [-0.15, -0.1) is 0 Å². The third kappa shape index (κ3) is 1.52. The van der Waals surface area contributed by atoms with Crippen molar-refractivity contribution in [2.24, 2.45) is 0 Å². The molecule has 2 atom stereocenters. The summed E-state index contributed by atoms with van der Waals surface area (Å²) < 4.78 is 22.7. The van der Waals surface area contributed by atoms with E-state index in [4.69, 9.17) is 5.11 Å². The van der Waals surface area contributed by atoms with Crippen LogP contribution in [0.5, 0.6) is 0 Å². The average molecular weight is 219 g/mol. The van der Waals surface area contributed by atoms with Gasteiger partial charge in [0.2, 0.25) is 0 Å². The number of carboxylic acids is 1. The number of hydrogen-bond donors (Lipinski definition) is 1. The van der Waals surface area contributed by atoms with Gasteiger partial charge in [-0.05, 0) is 6.42 Å². The second-order valence-electron chi connectivity index (χ2n) is 3.97. The third-order valence-electron chi connectivity index (χ3n) is 3.02. The maximum Gasteiger partial charge on any atom is 0.304 e. The highest BCUT2D eigenvalue weighted by atomic mass is 32.2. The molecule has 3 aliphatic rings. The summed E-state index contributed by atoms with van der Waals surface area (Å²) in [6.07, 6.45) is 0.866. The lowest BCUT2D eigenvalue weighted by Gasteiger charge is -2.46. The average Bonchev–Trinajstić information content (AvgIpc) is 2.15. The van der Waals surface area contributed by atoms with Crippen LogP contribution in [0.3, 0.4) is 0 Å². The van der Waals surface area contributed by atoms with Crippen molar-refractivity contribution in [3.63, 3.8) is 0 Å². The molecule has 3 heterocycles. The van der Waals surface area contributed by atoms with Crippen LogP contribution in [-0.2, 0) is 14.6 Å². The lowest BCUT2D eigenvalue weighted by Crippen LogP contribution is -2.62. The fraction of sp³-hybridized carbons (Fsp3) is 0.875. The van der Waals surface area contributed by atoms with Crippen LogP contribution >= 0.6 is 0 Å². The molecule has 0 amide bonds. The predicted octanol–water partition coefficient (Wildman–Crippen LogP) is -0.668. The molecule has 80 valence electrons. The molecule has 2 unspecified atom stereocenters. The smallest absolute Gasteiger partial charge is 0.304 e. The van der Waals surface area contributed by atoms with Gasteiger partial charge in [-0.25, -0.2) is 8.42 Å². The highest BCUT2D eigenvalue weighted by molar-refractivity contribution is 7.94. The molecular weight excluding hydrogens is 206 g/mol. The van der Waals surface area contributed by atoms with Crippen LogP contribution in [0.4, 0.5) is 0 Å². The first kappa shape index (κ1) is 9.92. The molecular formula is C8H13NO4S. The normalized spacial score (nSPS) is 34.9. The Morgan fingerprint density at radius 1 is 1.36 bits per heavy atom. The van der Waals surface area contributed by atoms with Gasteiger partial charge in [0.25, 0.3) is 0 Å². The SMILES string of the molecule is O=C(O)CCN1CC2CC(C1)S2(=O)=O. The summed E-state index contributed by atoms with van der Waals surface area (Å²) >= 11 is 0. The molecule has 1 N–H and O–H groups in total. The predicted molar refractivity (Wildman–Crippen MR) is 49.8 cm³/mol. The third-order valence-corrected chi connectivity index (χ3v) is 5.56. The van der Waals surface area contributed by atoms with Crippen molar-refractivity contribution < 1.29 is 18.3 Å². The van der Waals surface area contributed by atoms with Crippen LogP contribution in [0.2, 0.25) is 0 Å². The Labute approximate surface area is 82.6 Å². The van der Waals surface area contributed by atoms with Gasteiger partial charge in [-0.3, -0.25) is 4.79 Å². The molecule has 3 aliphatic heterocycles. The van der Waals surface area contributed by atoms with Crippen molar-refractivity contribution in [2.45, 2.75) is 23.3 Å². The fourth-order valence-electron chi connectivity index (χ4n) is 2.16. The summed E-state index contributed by atoms with van der Waals surface area (Å²) in [6, 6.07) is 0. The highest BCUT2D eigenvalue weighted by Crippen LogP contribution is 2.35. The molecule has 0 radical (unpaired) electrons. The van der Waals surface area contributed by atoms with Crippen molar-refractivity contribution in [2.75, 3.05) is 19.6 Å². The molecule has 3 saturated heterocycles. The van der Waals surface area contributed by atoms with Gasteiger partial charge in [0.15, 0.2) is 9.84 Å². The van der Waals surface area contributed by atoms with E-state index in [2.05, 4.69) is 0 Å². The lowest BCUT2D eigenvalue weighted by molar-refractivity contribution is -0.137. The number of carbonyl (C=O) groups is 1. The first-order chi connectivity index (χ1) is 6.50. The molecule has 0 saturated carbocycles. The molecule has 6 heteroatoms. The zero-order chi connectivity index (χ0) is 10.3. The molecule has 0 aliphatic carbocycles. The minimum atomic E-state index is -2.82. The topological polar surface area (TPSA) is 74.7 Å². The van der Waals surface area contributed by atoms with Crippen LogP contribution < -0.4 is 0 Å². The molecule has 3 fully saturated rings. The Hall–Kier alpha value is -0.620. The van der Waals surface area contributed by atoms with E-state index in [0.717, 1.165) is 6.42 Å². The largest absolute Gasteiger partial charge is 0.481 e. The zero-order valence-electron chi connectivity index (χ0n) is 7.72. The molecule has 2 bridgehead atoms. The minimum Gasteiger partial charge on any atom is -0.481 e. The number of sulfone groups is 1. The Kier molecular flexibility index (Phi) is 2.27. The summed E-state index contributed by atoms with van der Waals surface area (Å²) in [4.78, 5) is 12.3. The first-order valence-electron chi connectivity index (χ1n) is 4.67. The fourth-order valence-corrected chi connectivity index (χ4v) is 4.18. The molecule has 14 heavy (non-hydrogen) atoms. The van der Waals surface area contributed by atoms with Gasteiger partial charge in [-0.1, -0.05) is 0 Å². The molecule has 0 spiro atoms. The Bertz CT molecular complexity index is 332. The molecule has 3 rings (SSSR count). The van der Waals surface area contributed by atoms with E-state index < -0.39 is 15.8 Å². The highest BCUT2D eigenvalue weighted by Gasteiger charge is 2.51. The van der Waals surface area contributed by atoms with Gasteiger partial charge in [0.05, 0.1) is 16.9 Å². The van der Waals surface area contributed by atoms with Crippen LogP contribution in [0.1, 0.15) is 12.8 Å². The molecule has 0 aromatic carbocycles. The van der Waals surface area contributed by atoms with Gasteiger partial charge < -0.3 is 10.0 Å². The van der Waals surface area contributed by atoms with Gasteiger partial charge in [0.1, 0.15) is 0 Å². The van der Waals surface area contributed by atoms with Gasteiger partial charge >= 0.3 is 5.97 Å². The number of fused-ring (bicyclic) bond motifs is 2. The molecule has 0 aromatic rings. The van der Waals surface area contributed by atoms with E-state index in [1.54, 1.807) is 0 Å². The maximum atomic E-state index is 11.4. The van der Waals surface area contributed by atoms with E-state index >= 15 is 0 Å². The summed E-state index contributed by atoms with van der Waals surface area (Å²) in [6.45, 7) is 1.51. The lowest BCUT2D eigenvalue weighted by atomic mass is 10.1. The van der Waals surface area contributed by atoms with Crippen molar-refractivity contribution in [1.29, 1.82) is 0 Å². The summed E-state index contributed by atoms with van der Waals surface area (Å²) in [5.74, 6) is -0.827. The van der Waals surface area contributed by atoms with Crippen molar-refractivity contribution >= 4 is 15.8 Å². The van der Waals surface area contributed by atoms with Crippen molar-refractivity contribution in [3.8, 4) is 0 Å². The summed E-state index contributed by atoms with van der Waals surface area (Å²) in [5, 5.41) is 8.03. The monoisotopic (exact) mass is 219 g/mol. The molecule has 0 aromatic heterocycles. The van der Waals surface area contributed by atoms with Crippen molar-refractivity contribution in [1.82, 2.24) is 4.90 Å². The van der Waals surface area contributed by atoms with E-state index in [9.17, 15) is 13.2 Å². The number of nitrogens with zero attached hydrogens (tertiary/aromatic N) is 1. The van der Waals surface area contributed by atoms with Crippen molar-refractivity contribution in [3.05, 3.63) is 0 Å². The molecule has 5 nitrogen and oxygen atoms in total. The summed E-state index contributed by atoms with van der Waals surface area (Å²) in [7, 11) is -2.82. The Morgan fingerprint density at radius 2 is 1.93 bits per heavy atom. The maximum absolute atomic E-state index is 11.4. The quantitative estimate of drug-likeness (QED) is 0.681. The number of rotatable bonds is 3. The van der Waals surface area contributed by atoms with Gasteiger partial charge in [-0.2, -0.15) is 0 Å². The number of carboxylic acid groups (broad SMARTS) is 1.